The van der Waals surface area contributed by atoms with Crippen molar-refractivity contribution in [3.63, 3.8) is 0 Å². The van der Waals surface area contributed by atoms with Crippen molar-refractivity contribution in [2.45, 2.75) is 12.8 Å². The van der Waals surface area contributed by atoms with Crippen LogP contribution in [0.5, 0.6) is 11.5 Å². The van der Waals surface area contributed by atoms with Crippen molar-refractivity contribution in [3.05, 3.63) is 23.8 Å². The van der Waals surface area contributed by atoms with E-state index in [0.717, 1.165) is 30.9 Å². The summed E-state index contributed by atoms with van der Waals surface area (Å²) in [6.45, 7) is 2.36. The summed E-state index contributed by atoms with van der Waals surface area (Å²) >= 11 is 0. The lowest BCUT2D eigenvalue weighted by atomic mass is 10.1. The van der Waals surface area contributed by atoms with E-state index in [4.69, 9.17) is 15.2 Å². The molecule has 0 aliphatic rings. The summed E-state index contributed by atoms with van der Waals surface area (Å²) in [6.07, 6.45) is 1.86. The van der Waals surface area contributed by atoms with Gasteiger partial charge in [-0.25, -0.2) is 0 Å². The Morgan fingerprint density at radius 1 is 1.22 bits per heavy atom. The Bertz CT molecular complexity index is 354. The maximum absolute atomic E-state index is 5.77. The smallest absolute Gasteiger partial charge is 0.161 e. The molecule has 102 valence electrons. The molecular weight excluding hydrogens is 228 g/mol. The standard InChI is InChI=1S/C14H24N2O2/c1-16(2)9-4-10-18-14-11-12(7-8-15)5-6-13(14)17-3/h5-6,11H,4,7-10,15H2,1-3H3. The number of rotatable bonds is 8. The van der Waals surface area contributed by atoms with Crippen LogP contribution >= 0.6 is 0 Å². The van der Waals surface area contributed by atoms with Crippen LogP contribution in [0.2, 0.25) is 0 Å². The highest BCUT2D eigenvalue weighted by Gasteiger charge is 2.05. The third kappa shape index (κ3) is 4.94. The Labute approximate surface area is 110 Å². The van der Waals surface area contributed by atoms with E-state index in [0.29, 0.717) is 13.2 Å². The zero-order valence-electron chi connectivity index (χ0n) is 11.6. The maximum Gasteiger partial charge on any atom is 0.161 e. The monoisotopic (exact) mass is 252 g/mol. The van der Waals surface area contributed by atoms with Gasteiger partial charge in [-0.1, -0.05) is 6.07 Å². The van der Waals surface area contributed by atoms with Gasteiger partial charge < -0.3 is 20.1 Å². The summed E-state index contributed by atoms with van der Waals surface area (Å²) in [5.74, 6) is 1.59. The fourth-order valence-electron chi connectivity index (χ4n) is 1.72. The quantitative estimate of drug-likeness (QED) is 0.713. The summed E-state index contributed by atoms with van der Waals surface area (Å²) in [6, 6.07) is 5.98. The Hall–Kier alpha value is -1.26. The minimum Gasteiger partial charge on any atom is -0.493 e. The second-order valence-electron chi connectivity index (χ2n) is 4.53. The van der Waals surface area contributed by atoms with Crippen molar-refractivity contribution >= 4 is 0 Å². The van der Waals surface area contributed by atoms with Crippen LogP contribution in [-0.4, -0.2) is 45.8 Å². The fraction of sp³-hybridized carbons (Fsp3) is 0.571. The fourth-order valence-corrected chi connectivity index (χ4v) is 1.72. The molecule has 0 heterocycles. The molecule has 1 aromatic rings. The molecule has 2 N–H and O–H groups in total. The lowest BCUT2D eigenvalue weighted by Crippen LogP contribution is -2.15. The van der Waals surface area contributed by atoms with Crippen LogP contribution in [0.1, 0.15) is 12.0 Å². The third-order valence-corrected chi connectivity index (χ3v) is 2.67. The first-order valence-electron chi connectivity index (χ1n) is 6.32. The highest BCUT2D eigenvalue weighted by Crippen LogP contribution is 2.28. The SMILES string of the molecule is COc1ccc(CCN)cc1OCCCN(C)C. The predicted octanol–water partition coefficient (Wildman–Crippen LogP) is 1.53. The summed E-state index contributed by atoms with van der Waals surface area (Å²) < 4.78 is 11.1. The summed E-state index contributed by atoms with van der Waals surface area (Å²) in [5, 5.41) is 0. The van der Waals surface area contributed by atoms with Gasteiger partial charge in [0.2, 0.25) is 0 Å². The zero-order valence-corrected chi connectivity index (χ0v) is 11.6. The zero-order chi connectivity index (χ0) is 13.4. The lowest BCUT2D eigenvalue weighted by molar-refractivity contribution is 0.268. The van der Waals surface area contributed by atoms with Gasteiger partial charge in [-0.05, 0) is 51.2 Å². The van der Waals surface area contributed by atoms with Crippen molar-refractivity contribution < 1.29 is 9.47 Å². The molecule has 0 spiro atoms. The van der Waals surface area contributed by atoms with Crippen LogP contribution in [0.3, 0.4) is 0 Å². The Balaban J connectivity index is 2.57. The largest absolute Gasteiger partial charge is 0.493 e. The molecule has 4 heteroatoms. The number of ether oxygens (including phenoxy) is 2. The first kappa shape index (κ1) is 14.8. The normalized spacial score (nSPS) is 10.7. The Morgan fingerprint density at radius 3 is 2.61 bits per heavy atom. The van der Waals surface area contributed by atoms with Crippen molar-refractivity contribution in [1.82, 2.24) is 4.90 Å². The van der Waals surface area contributed by atoms with Crippen molar-refractivity contribution in [1.29, 1.82) is 0 Å². The van der Waals surface area contributed by atoms with Gasteiger partial charge >= 0.3 is 0 Å². The first-order chi connectivity index (χ1) is 8.67. The molecule has 0 bridgehead atoms. The number of nitrogens with zero attached hydrogens (tertiary/aromatic N) is 1. The molecule has 0 unspecified atom stereocenters. The van der Waals surface area contributed by atoms with Crippen LogP contribution in [0.15, 0.2) is 18.2 Å². The van der Waals surface area contributed by atoms with Crippen molar-refractivity contribution in [2.24, 2.45) is 5.73 Å². The van der Waals surface area contributed by atoms with Gasteiger partial charge in [0.25, 0.3) is 0 Å². The van der Waals surface area contributed by atoms with Crippen LogP contribution < -0.4 is 15.2 Å². The molecule has 0 saturated carbocycles. The third-order valence-electron chi connectivity index (χ3n) is 2.67. The van der Waals surface area contributed by atoms with E-state index in [1.165, 1.54) is 5.56 Å². The molecule has 0 aliphatic heterocycles. The van der Waals surface area contributed by atoms with Crippen LogP contribution in [0.25, 0.3) is 0 Å². The van der Waals surface area contributed by atoms with Crippen molar-refractivity contribution in [2.75, 3.05) is 40.9 Å². The molecule has 0 fully saturated rings. The van der Waals surface area contributed by atoms with E-state index >= 15 is 0 Å². The number of hydrogen-bond donors (Lipinski definition) is 1. The minimum atomic E-state index is 0.645. The number of nitrogens with two attached hydrogens (primary N) is 1. The molecular formula is C14H24N2O2. The van der Waals surface area contributed by atoms with E-state index in [2.05, 4.69) is 19.0 Å². The second kappa shape index (κ2) is 7.95. The van der Waals surface area contributed by atoms with Gasteiger partial charge in [0.05, 0.1) is 13.7 Å². The first-order valence-corrected chi connectivity index (χ1v) is 6.32. The summed E-state index contributed by atoms with van der Waals surface area (Å²) in [4.78, 5) is 2.14. The number of benzene rings is 1. The molecule has 0 amide bonds. The van der Waals surface area contributed by atoms with E-state index in [9.17, 15) is 0 Å². The molecule has 0 radical (unpaired) electrons. The Kier molecular flexibility index (Phi) is 6.54. The average Bonchev–Trinajstić information content (AvgIpc) is 2.35. The molecule has 4 nitrogen and oxygen atoms in total. The topological polar surface area (TPSA) is 47.7 Å². The Morgan fingerprint density at radius 2 is 2.00 bits per heavy atom. The van der Waals surface area contributed by atoms with Gasteiger partial charge in [-0.3, -0.25) is 0 Å². The molecule has 1 rings (SSSR count). The van der Waals surface area contributed by atoms with Gasteiger partial charge in [-0.15, -0.1) is 0 Å². The molecule has 1 aromatic carbocycles. The van der Waals surface area contributed by atoms with Crippen LogP contribution in [-0.2, 0) is 6.42 Å². The van der Waals surface area contributed by atoms with Gasteiger partial charge in [-0.2, -0.15) is 0 Å². The molecule has 0 saturated heterocycles. The average molecular weight is 252 g/mol. The summed E-state index contributed by atoms with van der Waals surface area (Å²) in [7, 11) is 5.77. The van der Waals surface area contributed by atoms with E-state index in [1.807, 2.05) is 18.2 Å². The summed E-state index contributed by atoms with van der Waals surface area (Å²) in [5.41, 5.74) is 6.74. The number of methoxy groups -OCH3 is 1. The minimum absolute atomic E-state index is 0.645. The predicted molar refractivity (Wildman–Crippen MR) is 74.4 cm³/mol. The molecule has 0 aromatic heterocycles. The van der Waals surface area contributed by atoms with Gasteiger partial charge in [0.15, 0.2) is 11.5 Å². The van der Waals surface area contributed by atoms with E-state index < -0.39 is 0 Å². The van der Waals surface area contributed by atoms with E-state index in [1.54, 1.807) is 7.11 Å². The highest BCUT2D eigenvalue weighted by atomic mass is 16.5. The lowest BCUT2D eigenvalue weighted by Gasteiger charge is -2.13. The van der Waals surface area contributed by atoms with E-state index in [-0.39, 0.29) is 0 Å². The van der Waals surface area contributed by atoms with Gasteiger partial charge in [0, 0.05) is 6.54 Å². The number of hydrogen-bond acceptors (Lipinski definition) is 4. The van der Waals surface area contributed by atoms with Crippen LogP contribution in [0.4, 0.5) is 0 Å². The molecule has 18 heavy (non-hydrogen) atoms. The molecule has 0 atom stereocenters. The van der Waals surface area contributed by atoms with Gasteiger partial charge in [0.1, 0.15) is 0 Å². The van der Waals surface area contributed by atoms with Crippen LogP contribution in [0, 0.1) is 0 Å². The van der Waals surface area contributed by atoms with Crippen molar-refractivity contribution in [3.8, 4) is 11.5 Å². The maximum atomic E-state index is 5.77. The second-order valence-corrected chi connectivity index (χ2v) is 4.53. The highest BCUT2D eigenvalue weighted by molar-refractivity contribution is 5.43. The molecule has 0 aliphatic carbocycles.